The Bertz CT molecular complexity index is 1390. The van der Waals surface area contributed by atoms with Crippen molar-refractivity contribution >= 4 is 29.5 Å². The number of esters is 1. The molecule has 3 aliphatic heterocycles. The maximum Gasteiger partial charge on any atom is 0.311 e. The van der Waals surface area contributed by atoms with Gasteiger partial charge in [0.15, 0.2) is 5.78 Å². The Labute approximate surface area is 285 Å². The summed E-state index contributed by atoms with van der Waals surface area (Å²) in [5.74, 6) is -1.75. The lowest BCUT2D eigenvalue weighted by molar-refractivity contribution is -0.242. The van der Waals surface area contributed by atoms with Gasteiger partial charge in [-0.3, -0.25) is 28.9 Å². The molecule has 3 N–H and O–H groups in total. The summed E-state index contributed by atoms with van der Waals surface area (Å²) in [7, 11) is 0. The number of likely N-dealkylation sites (tertiary alicyclic amines) is 1. The number of ether oxygens (including phenoxy) is 4. The minimum absolute atomic E-state index is 0.0882. The van der Waals surface area contributed by atoms with Crippen molar-refractivity contribution in [1.82, 2.24) is 9.80 Å². The molecule has 3 amide bonds. The fraction of sp³-hybridized carbons (Fsp3) is 0.629. The van der Waals surface area contributed by atoms with E-state index in [0.29, 0.717) is 37.2 Å². The van der Waals surface area contributed by atoms with Gasteiger partial charge in [0.1, 0.15) is 36.7 Å². The van der Waals surface area contributed by atoms with Crippen molar-refractivity contribution in [2.24, 2.45) is 5.41 Å². The van der Waals surface area contributed by atoms with Crippen LogP contribution in [-0.4, -0.2) is 118 Å². The quantitative estimate of drug-likeness (QED) is 0.128. The standard InChI is InChI=1S/C35H48N2O12/c1-5-46-19-23-16-25(37-28(40)13-14-29(37)41)32(44)36(23)17-24(38)10-8-6-7-9-21-11-12-22(18-48-34(45)35(2,3)4)27(15-21)49-33-31(43)30(42)26(39)20-47-33/h11-15,23,25-26,30-31,33,39,42-43H,5-10,16-20H2,1-4H3/t23-,25?,26+,30-,31+,33-/m0/s1. The number of hydrogen-bond acceptors (Lipinski definition) is 12. The van der Waals surface area contributed by atoms with E-state index in [1.165, 1.54) is 4.90 Å². The summed E-state index contributed by atoms with van der Waals surface area (Å²) in [5, 5.41) is 30.3. The van der Waals surface area contributed by atoms with E-state index in [-0.39, 0.29) is 45.0 Å². The number of hydrogen-bond donors (Lipinski definition) is 3. The number of unbranched alkanes of at least 4 members (excludes halogenated alkanes) is 2. The van der Waals surface area contributed by atoms with Crippen LogP contribution < -0.4 is 4.74 Å². The van der Waals surface area contributed by atoms with Crippen molar-refractivity contribution in [3.8, 4) is 5.75 Å². The Morgan fingerprint density at radius 1 is 1.00 bits per heavy atom. The number of carbonyl (C=O) groups excluding carboxylic acids is 5. The number of Topliss-reactive ketones (excluding diaryl/α,β-unsaturated/α-hetero) is 1. The fourth-order valence-corrected chi connectivity index (χ4v) is 5.86. The van der Waals surface area contributed by atoms with Gasteiger partial charge >= 0.3 is 5.97 Å². The zero-order chi connectivity index (χ0) is 35.9. The number of nitrogens with zero attached hydrogens (tertiary/aromatic N) is 2. The van der Waals surface area contributed by atoms with Crippen molar-refractivity contribution in [1.29, 1.82) is 0 Å². The molecule has 0 bridgehead atoms. The third-order valence-electron chi connectivity index (χ3n) is 8.74. The first-order chi connectivity index (χ1) is 23.2. The molecular formula is C35H48N2O12. The minimum Gasteiger partial charge on any atom is -0.462 e. The highest BCUT2D eigenvalue weighted by Crippen LogP contribution is 2.29. The van der Waals surface area contributed by atoms with Crippen molar-refractivity contribution < 1.29 is 58.2 Å². The van der Waals surface area contributed by atoms with E-state index >= 15 is 0 Å². The number of carbonyl (C=O) groups is 5. The molecule has 14 nitrogen and oxygen atoms in total. The highest BCUT2D eigenvalue weighted by molar-refractivity contribution is 6.15. The van der Waals surface area contributed by atoms with Gasteiger partial charge in [0.2, 0.25) is 12.2 Å². The van der Waals surface area contributed by atoms with E-state index in [0.717, 1.165) is 29.0 Å². The van der Waals surface area contributed by atoms with Gasteiger partial charge in [0.05, 0.1) is 31.2 Å². The summed E-state index contributed by atoms with van der Waals surface area (Å²) >= 11 is 0. The number of ketones is 1. The van der Waals surface area contributed by atoms with Gasteiger partial charge in [-0.15, -0.1) is 0 Å². The van der Waals surface area contributed by atoms with Crippen LogP contribution in [0.3, 0.4) is 0 Å². The van der Waals surface area contributed by atoms with Crippen LogP contribution in [0.2, 0.25) is 0 Å². The number of aliphatic hydroxyl groups excluding tert-OH is 3. The Morgan fingerprint density at radius 2 is 1.71 bits per heavy atom. The first kappa shape index (κ1) is 38.1. The van der Waals surface area contributed by atoms with E-state index in [1.807, 2.05) is 13.0 Å². The number of aliphatic hydroxyl groups is 3. The van der Waals surface area contributed by atoms with Crippen molar-refractivity contribution in [3.63, 3.8) is 0 Å². The molecule has 6 atom stereocenters. The molecule has 0 spiro atoms. The largest absolute Gasteiger partial charge is 0.462 e. The van der Waals surface area contributed by atoms with Crippen LogP contribution in [0.15, 0.2) is 30.4 Å². The number of benzene rings is 1. The Balaban J connectivity index is 1.31. The molecule has 14 heteroatoms. The number of amides is 3. The summed E-state index contributed by atoms with van der Waals surface area (Å²) in [6.07, 6.45) is -0.0937. The maximum absolute atomic E-state index is 13.2. The van der Waals surface area contributed by atoms with Crippen LogP contribution in [0.25, 0.3) is 0 Å². The first-order valence-electron chi connectivity index (χ1n) is 16.8. The zero-order valence-electron chi connectivity index (χ0n) is 28.5. The molecule has 1 unspecified atom stereocenters. The fourth-order valence-electron chi connectivity index (χ4n) is 5.86. The molecule has 0 aromatic heterocycles. The predicted molar refractivity (Wildman–Crippen MR) is 173 cm³/mol. The van der Waals surface area contributed by atoms with Gasteiger partial charge in [-0.1, -0.05) is 18.6 Å². The van der Waals surface area contributed by atoms with E-state index in [2.05, 4.69) is 0 Å². The molecular weight excluding hydrogens is 640 g/mol. The van der Waals surface area contributed by atoms with Crippen LogP contribution in [0.5, 0.6) is 5.75 Å². The smallest absolute Gasteiger partial charge is 0.311 e. The van der Waals surface area contributed by atoms with E-state index in [1.54, 1.807) is 32.9 Å². The summed E-state index contributed by atoms with van der Waals surface area (Å²) in [5.41, 5.74) is 0.695. The molecule has 3 aliphatic rings. The molecule has 2 fully saturated rings. The van der Waals surface area contributed by atoms with Gasteiger partial charge in [-0.25, -0.2) is 0 Å². The first-order valence-corrected chi connectivity index (χ1v) is 16.8. The Morgan fingerprint density at radius 3 is 2.39 bits per heavy atom. The molecule has 49 heavy (non-hydrogen) atoms. The molecule has 0 aliphatic carbocycles. The maximum atomic E-state index is 13.2. The summed E-state index contributed by atoms with van der Waals surface area (Å²) in [6.45, 7) is 7.21. The molecule has 4 rings (SSSR count). The highest BCUT2D eigenvalue weighted by atomic mass is 16.7. The second-order valence-corrected chi connectivity index (χ2v) is 13.6. The Hall–Kier alpha value is -3.69. The monoisotopic (exact) mass is 688 g/mol. The summed E-state index contributed by atoms with van der Waals surface area (Å²) in [4.78, 5) is 65.4. The molecule has 1 aromatic carbocycles. The number of imide groups is 1. The number of aryl methyl sites for hydroxylation is 1. The third-order valence-corrected chi connectivity index (χ3v) is 8.74. The van der Waals surface area contributed by atoms with Gasteiger partial charge < -0.3 is 39.2 Å². The van der Waals surface area contributed by atoms with Crippen LogP contribution in [0.1, 0.15) is 70.9 Å². The van der Waals surface area contributed by atoms with Gasteiger partial charge in [-0.2, -0.15) is 0 Å². The minimum atomic E-state index is -1.51. The van der Waals surface area contributed by atoms with Crippen molar-refractivity contribution in [2.75, 3.05) is 26.4 Å². The second-order valence-electron chi connectivity index (χ2n) is 13.6. The Kier molecular flexibility index (Phi) is 13.1. The van der Waals surface area contributed by atoms with Crippen LogP contribution in [0.4, 0.5) is 0 Å². The van der Waals surface area contributed by atoms with E-state index < -0.39 is 65.8 Å². The summed E-state index contributed by atoms with van der Waals surface area (Å²) < 4.78 is 22.3. The normalized spacial score (nSPS) is 25.7. The molecule has 3 heterocycles. The number of rotatable bonds is 16. The molecule has 0 radical (unpaired) electrons. The summed E-state index contributed by atoms with van der Waals surface area (Å²) in [6, 6.07) is 3.99. The lowest BCUT2D eigenvalue weighted by Gasteiger charge is -2.35. The molecule has 270 valence electrons. The third kappa shape index (κ3) is 9.73. The lowest BCUT2D eigenvalue weighted by atomic mass is 9.97. The van der Waals surface area contributed by atoms with Gasteiger partial charge in [-0.05, 0) is 58.6 Å². The topological polar surface area (TPSA) is 189 Å². The van der Waals surface area contributed by atoms with E-state index in [9.17, 15) is 39.3 Å². The SMILES string of the molecule is CCOC[C@@H]1CC(N2C(=O)C=CC2=O)C(=O)N1CC(=O)CCCCCc1ccc(COC(=O)C(C)(C)C)c(O[C@@H]2OC[C@@H](O)[C@H](O)[C@H]2O)c1. The predicted octanol–water partition coefficient (Wildman–Crippen LogP) is 1.20. The molecule has 0 saturated carbocycles. The average molecular weight is 689 g/mol. The lowest BCUT2D eigenvalue weighted by Crippen LogP contribution is -2.54. The highest BCUT2D eigenvalue weighted by Gasteiger charge is 2.47. The van der Waals surface area contributed by atoms with Gasteiger partial charge in [0.25, 0.3) is 11.8 Å². The van der Waals surface area contributed by atoms with Crippen molar-refractivity contribution in [2.45, 2.75) is 110 Å². The molecule has 1 aromatic rings. The van der Waals surface area contributed by atoms with Crippen molar-refractivity contribution in [3.05, 3.63) is 41.5 Å². The van der Waals surface area contributed by atoms with Crippen LogP contribution >= 0.6 is 0 Å². The van der Waals surface area contributed by atoms with E-state index in [4.69, 9.17) is 18.9 Å². The van der Waals surface area contributed by atoms with Crippen LogP contribution in [0, 0.1) is 5.41 Å². The zero-order valence-corrected chi connectivity index (χ0v) is 28.5. The second kappa shape index (κ2) is 16.8. The van der Waals surface area contributed by atoms with Crippen LogP contribution in [-0.2, 0) is 51.2 Å². The average Bonchev–Trinajstić information content (AvgIpc) is 3.54. The van der Waals surface area contributed by atoms with Gasteiger partial charge in [0, 0.05) is 37.2 Å². The molecule has 2 saturated heterocycles.